The number of nitrogens with one attached hydrogen (secondary N) is 2. The third-order valence-corrected chi connectivity index (χ3v) is 3.26. The molecule has 2 heterocycles. The van der Waals surface area contributed by atoms with Gasteiger partial charge in [0.15, 0.2) is 0 Å². The molecule has 1 aromatic carbocycles. The summed E-state index contributed by atoms with van der Waals surface area (Å²) in [5, 5.41) is 9.44. The van der Waals surface area contributed by atoms with Gasteiger partial charge < -0.3 is 10.1 Å². The Morgan fingerprint density at radius 2 is 2.12 bits per heavy atom. The van der Waals surface area contributed by atoms with Crippen molar-refractivity contribution in [3.05, 3.63) is 64.7 Å². The van der Waals surface area contributed by atoms with Gasteiger partial charge in [0, 0.05) is 23.7 Å². The number of amides is 1. The summed E-state index contributed by atoms with van der Waals surface area (Å²) in [5.74, 6) is 5.87. The molecule has 7 heteroatoms. The van der Waals surface area contributed by atoms with Gasteiger partial charge in [-0.25, -0.2) is 5.10 Å². The van der Waals surface area contributed by atoms with Gasteiger partial charge in [-0.05, 0) is 24.3 Å². The van der Waals surface area contributed by atoms with Crippen molar-refractivity contribution in [3.63, 3.8) is 0 Å². The maximum Gasteiger partial charge on any atom is 0.272 e. The molecule has 0 fully saturated rings. The number of hydrogen-bond donors (Lipinski definition) is 2. The average molecular weight is 334 g/mol. The normalized spacial score (nSPS) is 9.92. The van der Waals surface area contributed by atoms with E-state index in [-0.39, 0.29) is 24.4 Å². The standard InChI is InChI=1S/C18H14N4O3/c23-17-8-7-15(21-22-17)18(24)20-9-1-2-11-25-14-6-5-13-4-3-10-19-16(13)12-14/h3-8,10,12H,9,11H2,(H,20,24)(H,22,23). The minimum absolute atomic E-state index is 0.126. The van der Waals surface area contributed by atoms with E-state index < -0.39 is 5.91 Å². The van der Waals surface area contributed by atoms with Crippen LogP contribution in [0.4, 0.5) is 0 Å². The van der Waals surface area contributed by atoms with E-state index in [1.54, 1.807) is 6.20 Å². The Kier molecular flexibility index (Phi) is 5.02. The number of benzene rings is 1. The molecule has 0 spiro atoms. The highest BCUT2D eigenvalue weighted by atomic mass is 16.5. The average Bonchev–Trinajstić information content (AvgIpc) is 2.65. The summed E-state index contributed by atoms with van der Waals surface area (Å²) in [4.78, 5) is 26.9. The molecule has 124 valence electrons. The lowest BCUT2D eigenvalue weighted by Gasteiger charge is -2.03. The Morgan fingerprint density at radius 3 is 2.96 bits per heavy atom. The van der Waals surface area contributed by atoms with Crippen molar-refractivity contribution >= 4 is 16.8 Å². The summed E-state index contributed by atoms with van der Waals surface area (Å²) < 4.78 is 5.54. The molecule has 0 unspecified atom stereocenters. The van der Waals surface area contributed by atoms with Gasteiger partial charge in [0.05, 0.1) is 12.1 Å². The molecule has 0 saturated heterocycles. The Labute approximate surface area is 143 Å². The molecule has 1 amide bonds. The molecule has 0 aliphatic rings. The van der Waals surface area contributed by atoms with Crippen LogP contribution in [-0.4, -0.2) is 34.2 Å². The van der Waals surface area contributed by atoms with Crippen LogP contribution in [0.1, 0.15) is 10.5 Å². The zero-order valence-corrected chi connectivity index (χ0v) is 13.2. The second-order valence-corrected chi connectivity index (χ2v) is 4.99. The zero-order valence-electron chi connectivity index (χ0n) is 13.2. The molecule has 0 aliphatic heterocycles. The Balaban J connectivity index is 1.47. The summed E-state index contributed by atoms with van der Waals surface area (Å²) in [7, 11) is 0. The fraction of sp³-hybridized carbons (Fsp3) is 0.111. The Hall–Kier alpha value is -3.66. The maximum absolute atomic E-state index is 11.7. The number of aromatic nitrogens is 3. The number of ether oxygens (including phenoxy) is 1. The van der Waals surface area contributed by atoms with Gasteiger partial charge >= 0.3 is 0 Å². The van der Waals surface area contributed by atoms with Crippen LogP contribution in [0.2, 0.25) is 0 Å². The van der Waals surface area contributed by atoms with Crippen molar-refractivity contribution in [2.24, 2.45) is 0 Å². The molecule has 0 bridgehead atoms. The largest absolute Gasteiger partial charge is 0.481 e. The Morgan fingerprint density at radius 1 is 1.20 bits per heavy atom. The number of pyridine rings is 1. The molecule has 0 aliphatic carbocycles. The minimum atomic E-state index is -0.410. The van der Waals surface area contributed by atoms with Crippen LogP contribution < -0.4 is 15.6 Å². The van der Waals surface area contributed by atoms with Crippen LogP contribution in [0, 0.1) is 11.8 Å². The number of carbonyl (C=O) groups excluding carboxylic acids is 1. The van der Waals surface area contributed by atoms with E-state index in [9.17, 15) is 9.59 Å². The van der Waals surface area contributed by atoms with Crippen molar-refractivity contribution in [3.8, 4) is 17.6 Å². The summed E-state index contributed by atoms with van der Waals surface area (Å²) in [6.45, 7) is 0.355. The van der Waals surface area contributed by atoms with E-state index in [1.165, 1.54) is 12.1 Å². The van der Waals surface area contributed by atoms with E-state index in [0.717, 1.165) is 10.9 Å². The van der Waals surface area contributed by atoms with Gasteiger partial charge in [0.2, 0.25) is 0 Å². The van der Waals surface area contributed by atoms with E-state index in [0.29, 0.717) is 5.75 Å². The predicted molar refractivity (Wildman–Crippen MR) is 92.2 cm³/mol. The van der Waals surface area contributed by atoms with Crippen molar-refractivity contribution < 1.29 is 9.53 Å². The molecule has 25 heavy (non-hydrogen) atoms. The summed E-state index contributed by atoms with van der Waals surface area (Å²) >= 11 is 0. The first-order valence-corrected chi connectivity index (χ1v) is 7.49. The summed E-state index contributed by atoms with van der Waals surface area (Å²) in [6, 6.07) is 12.1. The first-order chi connectivity index (χ1) is 12.2. The summed E-state index contributed by atoms with van der Waals surface area (Å²) in [5.41, 5.74) is 0.618. The molecule has 3 aromatic rings. The summed E-state index contributed by atoms with van der Waals surface area (Å²) in [6.07, 6.45) is 1.73. The van der Waals surface area contributed by atoms with Crippen molar-refractivity contribution in [1.29, 1.82) is 0 Å². The molecule has 0 radical (unpaired) electrons. The zero-order chi connectivity index (χ0) is 17.5. The molecule has 0 saturated carbocycles. The Bertz CT molecular complexity index is 997. The van der Waals surface area contributed by atoms with Crippen LogP contribution in [0.3, 0.4) is 0 Å². The van der Waals surface area contributed by atoms with Crippen LogP contribution in [-0.2, 0) is 0 Å². The third-order valence-electron chi connectivity index (χ3n) is 3.26. The van der Waals surface area contributed by atoms with E-state index in [1.807, 2.05) is 30.3 Å². The van der Waals surface area contributed by atoms with Crippen molar-refractivity contribution in [2.75, 3.05) is 13.2 Å². The fourth-order valence-electron chi connectivity index (χ4n) is 2.05. The molecular formula is C18H14N4O3. The van der Waals surface area contributed by atoms with Gasteiger partial charge in [0.1, 0.15) is 18.1 Å². The van der Waals surface area contributed by atoms with E-state index >= 15 is 0 Å². The van der Waals surface area contributed by atoms with Gasteiger partial charge in [0.25, 0.3) is 11.5 Å². The highest BCUT2D eigenvalue weighted by Gasteiger charge is 2.04. The SMILES string of the molecule is O=C(NCC#CCOc1ccc2cccnc2c1)c1ccc(=O)[nH]n1. The number of hydrogen-bond acceptors (Lipinski definition) is 5. The molecule has 2 N–H and O–H groups in total. The number of H-pyrrole nitrogens is 1. The van der Waals surface area contributed by atoms with Gasteiger partial charge in [-0.2, -0.15) is 5.10 Å². The minimum Gasteiger partial charge on any atom is -0.481 e. The third kappa shape index (κ3) is 4.42. The quantitative estimate of drug-likeness (QED) is 0.697. The lowest BCUT2D eigenvalue weighted by molar-refractivity contribution is 0.0952. The van der Waals surface area contributed by atoms with Crippen LogP contribution in [0.5, 0.6) is 5.75 Å². The molecular weight excluding hydrogens is 320 g/mol. The molecule has 2 aromatic heterocycles. The number of aromatic amines is 1. The second kappa shape index (κ2) is 7.75. The van der Waals surface area contributed by atoms with Crippen LogP contribution in [0.15, 0.2) is 53.5 Å². The highest BCUT2D eigenvalue weighted by Crippen LogP contribution is 2.18. The first-order valence-electron chi connectivity index (χ1n) is 7.49. The number of rotatable bonds is 4. The van der Waals surface area contributed by atoms with E-state index in [2.05, 4.69) is 32.3 Å². The van der Waals surface area contributed by atoms with Crippen LogP contribution >= 0.6 is 0 Å². The highest BCUT2D eigenvalue weighted by molar-refractivity contribution is 5.92. The lowest BCUT2D eigenvalue weighted by atomic mass is 10.2. The number of carbonyl (C=O) groups is 1. The second-order valence-electron chi connectivity index (χ2n) is 4.99. The lowest BCUT2D eigenvalue weighted by Crippen LogP contribution is -2.26. The first kappa shape index (κ1) is 16.2. The smallest absolute Gasteiger partial charge is 0.272 e. The maximum atomic E-state index is 11.7. The van der Waals surface area contributed by atoms with Crippen molar-refractivity contribution in [2.45, 2.75) is 0 Å². The number of nitrogens with zero attached hydrogens (tertiary/aromatic N) is 2. The van der Waals surface area contributed by atoms with Gasteiger partial charge in [-0.1, -0.05) is 17.9 Å². The molecule has 7 nitrogen and oxygen atoms in total. The monoisotopic (exact) mass is 334 g/mol. The molecule has 0 atom stereocenters. The fourth-order valence-corrected chi connectivity index (χ4v) is 2.05. The van der Waals surface area contributed by atoms with Crippen molar-refractivity contribution in [1.82, 2.24) is 20.5 Å². The predicted octanol–water partition coefficient (Wildman–Crippen LogP) is 1.13. The van der Waals surface area contributed by atoms with E-state index in [4.69, 9.17) is 4.74 Å². The van der Waals surface area contributed by atoms with Crippen LogP contribution in [0.25, 0.3) is 10.9 Å². The number of fused-ring (bicyclic) bond motifs is 1. The topological polar surface area (TPSA) is 97.0 Å². The van der Waals surface area contributed by atoms with Gasteiger partial charge in [-0.15, -0.1) is 0 Å². The van der Waals surface area contributed by atoms with Gasteiger partial charge in [-0.3, -0.25) is 14.6 Å². The molecule has 3 rings (SSSR count).